The normalized spacial score (nSPS) is 10.9. The molecule has 1 aromatic rings. The van der Waals surface area contributed by atoms with Crippen LogP contribution >= 0.6 is 0 Å². The second-order valence-electron chi connectivity index (χ2n) is 6.74. The Kier molecular flexibility index (Phi) is 13.5. The zero-order chi connectivity index (χ0) is 17.3. The molecule has 1 rings (SSSR count). The van der Waals surface area contributed by atoms with Crippen molar-refractivity contribution >= 4 is 0 Å². The summed E-state index contributed by atoms with van der Waals surface area (Å²) in [7, 11) is 0. The van der Waals surface area contributed by atoms with Gasteiger partial charge in [0.2, 0.25) is 6.20 Å². The average molecular weight is 337 g/mol. The Morgan fingerprint density at radius 1 is 0.875 bits per heavy atom. The van der Waals surface area contributed by atoms with Crippen molar-refractivity contribution in [3.8, 4) is 5.75 Å². The Bertz CT molecular complexity index is 395. The number of aliphatic hydroxyl groups excluding tert-OH is 1. The second-order valence-corrected chi connectivity index (χ2v) is 6.74. The minimum atomic E-state index is 0.160. The van der Waals surface area contributed by atoms with Gasteiger partial charge < -0.3 is 9.84 Å². The summed E-state index contributed by atoms with van der Waals surface area (Å²) in [4.78, 5) is 0. The van der Waals surface area contributed by atoms with E-state index in [0.29, 0.717) is 6.54 Å². The van der Waals surface area contributed by atoms with E-state index in [1.165, 1.54) is 70.6 Å². The van der Waals surface area contributed by atoms with Gasteiger partial charge in [-0.05, 0) is 12.5 Å². The third-order valence-corrected chi connectivity index (χ3v) is 4.46. The number of rotatable bonds is 16. The zero-order valence-corrected chi connectivity index (χ0v) is 15.7. The minimum absolute atomic E-state index is 0.160. The van der Waals surface area contributed by atoms with Crippen LogP contribution in [-0.2, 0) is 6.54 Å². The van der Waals surface area contributed by atoms with E-state index in [1.54, 1.807) is 0 Å². The molecule has 0 saturated heterocycles. The quantitative estimate of drug-likeness (QED) is 0.339. The number of ether oxygens (including phenoxy) is 1. The first-order chi connectivity index (χ1) is 11.9. The molecule has 138 valence electrons. The van der Waals surface area contributed by atoms with Crippen molar-refractivity contribution in [2.45, 2.75) is 90.5 Å². The van der Waals surface area contributed by atoms with Crippen LogP contribution in [0.2, 0.25) is 0 Å². The Morgan fingerprint density at radius 3 is 2.04 bits per heavy atom. The fourth-order valence-electron chi connectivity index (χ4n) is 2.97. The van der Waals surface area contributed by atoms with Gasteiger partial charge in [0.15, 0.2) is 18.5 Å². The van der Waals surface area contributed by atoms with E-state index in [2.05, 4.69) is 6.92 Å². The van der Waals surface area contributed by atoms with E-state index in [-0.39, 0.29) is 6.61 Å². The molecule has 3 nitrogen and oxygen atoms in total. The van der Waals surface area contributed by atoms with Crippen LogP contribution < -0.4 is 9.30 Å². The maximum Gasteiger partial charge on any atom is 0.211 e. The second kappa shape index (κ2) is 15.4. The molecule has 0 radical (unpaired) electrons. The van der Waals surface area contributed by atoms with Crippen molar-refractivity contribution in [3.05, 3.63) is 24.5 Å². The molecule has 0 bridgehead atoms. The predicted octanol–water partition coefficient (Wildman–Crippen LogP) is 5.05. The lowest BCUT2D eigenvalue weighted by atomic mass is 10.1. The van der Waals surface area contributed by atoms with Crippen LogP contribution in [-0.4, -0.2) is 18.3 Å². The van der Waals surface area contributed by atoms with E-state index < -0.39 is 0 Å². The Labute approximate surface area is 149 Å². The molecule has 0 aromatic carbocycles. The van der Waals surface area contributed by atoms with E-state index in [4.69, 9.17) is 9.84 Å². The number of hydrogen-bond acceptors (Lipinski definition) is 2. The molecule has 0 amide bonds. The summed E-state index contributed by atoms with van der Waals surface area (Å²) in [6.07, 6.45) is 20.3. The van der Waals surface area contributed by atoms with Gasteiger partial charge in [0, 0.05) is 6.07 Å². The SMILES string of the molecule is CCCCCCCCCCCCCCOc1ccc[n+](CCO)c1. The first-order valence-corrected chi connectivity index (χ1v) is 10.1. The van der Waals surface area contributed by atoms with Crippen LogP contribution in [0, 0.1) is 0 Å². The van der Waals surface area contributed by atoms with Gasteiger partial charge >= 0.3 is 0 Å². The monoisotopic (exact) mass is 336 g/mol. The van der Waals surface area contributed by atoms with Gasteiger partial charge in [0.05, 0.1) is 6.61 Å². The van der Waals surface area contributed by atoms with E-state index in [9.17, 15) is 0 Å². The molecular formula is C21H38NO2+. The Hall–Kier alpha value is -1.09. The number of unbranched alkanes of at least 4 members (excludes halogenated alkanes) is 11. The highest BCUT2D eigenvalue weighted by Gasteiger charge is 2.02. The van der Waals surface area contributed by atoms with Crippen molar-refractivity contribution in [3.63, 3.8) is 0 Å². The third-order valence-electron chi connectivity index (χ3n) is 4.46. The summed E-state index contributed by atoms with van der Waals surface area (Å²) in [5.74, 6) is 0.897. The van der Waals surface area contributed by atoms with Crippen molar-refractivity contribution in [1.29, 1.82) is 0 Å². The average Bonchev–Trinajstić information content (AvgIpc) is 2.60. The van der Waals surface area contributed by atoms with Gasteiger partial charge in [-0.2, -0.15) is 4.57 Å². The van der Waals surface area contributed by atoms with Gasteiger partial charge in [-0.15, -0.1) is 0 Å². The lowest BCUT2D eigenvalue weighted by molar-refractivity contribution is -0.698. The predicted molar refractivity (Wildman–Crippen MR) is 100 cm³/mol. The molecule has 1 heterocycles. The summed E-state index contributed by atoms with van der Waals surface area (Å²) in [5.41, 5.74) is 0. The Balaban J connectivity index is 1.88. The molecule has 0 saturated carbocycles. The first kappa shape index (κ1) is 21.0. The molecule has 0 aliphatic heterocycles. The van der Waals surface area contributed by atoms with Crippen molar-refractivity contribution in [2.24, 2.45) is 0 Å². The fraction of sp³-hybridized carbons (Fsp3) is 0.762. The molecule has 1 aromatic heterocycles. The zero-order valence-electron chi connectivity index (χ0n) is 15.7. The first-order valence-electron chi connectivity index (χ1n) is 10.1. The summed E-state index contributed by atoms with van der Waals surface area (Å²) < 4.78 is 7.74. The highest BCUT2D eigenvalue weighted by molar-refractivity contribution is 5.12. The summed E-state index contributed by atoms with van der Waals surface area (Å²) >= 11 is 0. The number of pyridine rings is 1. The third kappa shape index (κ3) is 11.4. The number of nitrogens with zero attached hydrogens (tertiary/aromatic N) is 1. The largest absolute Gasteiger partial charge is 0.487 e. The molecular weight excluding hydrogens is 298 g/mol. The molecule has 0 fully saturated rings. The van der Waals surface area contributed by atoms with Crippen LogP contribution in [0.15, 0.2) is 24.5 Å². The summed E-state index contributed by atoms with van der Waals surface area (Å²) in [6, 6.07) is 3.95. The summed E-state index contributed by atoms with van der Waals surface area (Å²) in [5, 5.41) is 8.95. The van der Waals surface area contributed by atoms with Crippen molar-refractivity contribution < 1.29 is 14.4 Å². The van der Waals surface area contributed by atoms with E-state index in [1.807, 2.05) is 29.1 Å². The van der Waals surface area contributed by atoms with E-state index in [0.717, 1.165) is 18.8 Å². The van der Waals surface area contributed by atoms with Crippen LogP contribution in [0.5, 0.6) is 5.75 Å². The molecule has 0 spiro atoms. The molecule has 0 aliphatic rings. The number of aromatic nitrogens is 1. The lowest BCUT2D eigenvalue weighted by Gasteiger charge is -2.05. The van der Waals surface area contributed by atoms with Crippen LogP contribution in [0.3, 0.4) is 0 Å². The van der Waals surface area contributed by atoms with Gasteiger partial charge in [-0.25, -0.2) is 0 Å². The van der Waals surface area contributed by atoms with Gasteiger partial charge in [0.1, 0.15) is 6.61 Å². The van der Waals surface area contributed by atoms with Crippen molar-refractivity contribution in [2.75, 3.05) is 13.2 Å². The molecule has 0 unspecified atom stereocenters. The van der Waals surface area contributed by atoms with Gasteiger partial charge in [-0.1, -0.05) is 77.6 Å². The highest BCUT2D eigenvalue weighted by Crippen LogP contribution is 2.12. The maximum absolute atomic E-state index is 8.95. The standard InChI is InChI=1S/C21H38NO2/c1-2-3-4-5-6-7-8-9-10-11-12-13-19-24-21-15-14-16-22(20-21)17-18-23/h14-16,20,23H,2-13,17-19H2,1H3/q+1. The lowest BCUT2D eigenvalue weighted by Crippen LogP contribution is -2.34. The van der Waals surface area contributed by atoms with Gasteiger partial charge in [-0.3, -0.25) is 0 Å². The Morgan fingerprint density at radius 2 is 1.46 bits per heavy atom. The molecule has 24 heavy (non-hydrogen) atoms. The highest BCUT2D eigenvalue weighted by atomic mass is 16.5. The molecule has 0 aliphatic carbocycles. The van der Waals surface area contributed by atoms with Gasteiger partial charge in [0.25, 0.3) is 0 Å². The minimum Gasteiger partial charge on any atom is -0.487 e. The molecule has 3 heteroatoms. The van der Waals surface area contributed by atoms with Crippen LogP contribution in [0.4, 0.5) is 0 Å². The number of hydrogen-bond donors (Lipinski definition) is 1. The maximum atomic E-state index is 8.95. The van der Waals surface area contributed by atoms with Crippen LogP contribution in [0.1, 0.15) is 84.0 Å². The topological polar surface area (TPSA) is 33.3 Å². The molecule has 1 N–H and O–H groups in total. The van der Waals surface area contributed by atoms with Crippen LogP contribution in [0.25, 0.3) is 0 Å². The smallest absolute Gasteiger partial charge is 0.211 e. The van der Waals surface area contributed by atoms with E-state index >= 15 is 0 Å². The molecule has 0 atom stereocenters. The summed E-state index contributed by atoms with van der Waals surface area (Å²) in [6.45, 7) is 3.85. The number of aliphatic hydroxyl groups is 1. The van der Waals surface area contributed by atoms with Crippen molar-refractivity contribution in [1.82, 2.24) is 0 Å². The fourth-order valence-corrected chi connectivity index (χ4v) is 2.97.